The van der Waals surface area contributed by atoms with Gasteiger partial charge in [-0.25, -0.2) is 18.1 Å². The van der Waals surface area contributed by atoms with Crippen LogP contribution in [0.3, 0.4) is 0 Å². The van der Waals surface area contributed by atoms with Crippen LogP contribution in [-0.4, -0.2) is 63.0 Å². The molecule has 1 amide bonds. The minimum absolute atomic E-state index is 0.219. The Morgan fingerprint density at radius 2 is 2.03 bits per heavy atom. The van der Waals surface area contributed by atoms with Gasteiger partial charge in [0.25, 0.3) is 5.91 Å². The van der Waals surface area contributed by atoms with E-state index in [9.17, 15) is 13.2 Å². The normalized spacial score (nSPS) is 19.3. The van der Waals surface area contributed by atoms with Gasteiger partial charge in [-0.05, 0) is 19.4 Å². The fourth-order valence-corrected chi connectivity index (χ4v) is 4.42. The van der Waals surface area contributed by atoms with Crippen LogP contribution in [-0.2, 0) is 16.6 Å². The van der Waals surface area contributed by atoms with Crippen molar-refractivity contribution >= 4 is 15.9 Å². The molecule has 3 heterocycles. The maximum absolute atomic E-state index is 13.2. The van der Waals surface area contributed by atoms with Gasteiger partial charge in [-0.15, -0.1) is 0 Å². The molecule has 0 saturated carbocycles. The van der Waals surface area contributed by atoms with Crippen LogP contribution in [0.5, 0.6) is 0 Å². The van der Waals surface area contributed by atoms with Crippen LogP contribution in [0.1, 0.15) is 35.7 Å². The predicted molar refractivity (Wildman–Crippen MR) is 110 cm³/mol. The maximum Gasteiger partial charge on any atom is 0.275 e. The highest BCUT2D eigenvalue weighted by Crippen LogP contribution is 2.32. The summed E-state index contributed by atoms with van der Waals surface area (Å²) < 4.78 is 27.8. The molecule has 2 atom stereocenters. The SMILES string of the molecule is CCn1ccc(C(=O)N2CC(NS(C)(=O)=O)CC2c2nc(-c3ccccc3)n[nH]2)n1. The van der Waals surface area contributed by atoms with Gasteiger partial charge >= 0.3 is 0 Å². The van der Waals surface area contributed by atoms with Crippen LogP contribution < -0.4 is 4.72 Å². The summed E-state index contributed by atoms with van der Waals surface area (Å²) in [5.41, 5.74) is 1.16. The highest BCUT2D eigenvalue weighted by molar-refractivity contribution is 7.88. The molecule has 11 heteroatoms. The van der Waals surface area contributed by atoms with Gasteiger partial charge in [0.05, 0.1) is 12.3 Å². The topological polar surface area (TPSA) is 126 Å². The summed E-state index contributed by atoms with van der Waals surface area (Å²) in [6, 6.07) is 10.3. The van der Waals surface area contributed by atoms with Gasteiger partial charge in [-0.2, -0.15) is 10.2 Å². The first kappa shape index (κ1) is 20.2. The first-order chi connectivity index (χ1) is 14.3. The smallest absolute Gasteiger partial charge is 0.275 e. The molecule has 1 saturated heterocycles. The van der Waals surface area contributed by atoms with E-state index < -0.39 is 22.1 Å². The molecule has 10 nitrogen and oxygen atoms in total. The number of carbonyl (C=O) groups excluding carboxylic acids is 1. The third-order valence-corrected chi connectivity index (χ3v) is 5.74. The summed E-state index contributed by atoms with van der Waals surface area (Å²) in [6.45, 7) is 2.81. The van der Waals surface area contributed by atoms with Crippen LogP contribution in [0.4, 0.5) is 0 Å². The number of aromatic amines is 1. The Kier molecular flexibility index (Phi) is 5.39. The number of likely N-dealkylation sites (tertiary alicyclic amines) is 1. The van der Waals surface area contributed by atoms with E-state index in [4.69, 9.17) is 0 Å². The molecule has 1 aliphatic rings. The monoisotopic (exact) mass is 429 g/mol. The Morgan fingerprint density at radius 3 is 2.70 bits per heavy atom. The lowest BCUT2D eigenvalue weighted by molar-refractivity contribution is 0.0721. The summed E-state index contributed by atoms with van der Waals surface area (Å²) in [5.74, 6) is 0.755. The number of nitrogens with one attached hydrogen (secondary N) is 2. The van der Waals surface area contributed by atoms with Crippen LogP contribution in [0, 0.1) is 0 Å². The Hall–Kier alpha value is -3.05. The number of aryl methyl sites for hydroxylation is 1. The number of nitrogens with zero attached hydrogens (tertiary/aromatic N) is 5. The van der Waals surface area contributed by atoms with Gasteiger partial charge in [0.1, 0.15) is 11.5 Å². The van der Waals surface area contributed by atoms with Crippen molar-refractivity contribution in [2.24, 2.45) is 0 Å². The summed E-state index contributed by atoms with van der Waals surface area (Å²) >= 11 is 0. The highest BCUT2D eigenvalue weighted by Gasteiger charge is 2.40. The van der Waals surface area contributed by atoms with Gasteiger partial charge in [0.2, 0.25) is 10.0 Å². The Bertz CT molecular complexity index is 1140. The molecule has 0 bridgehead atoms. The third-order valence-electron chi connectivity index (χ3n) is 4.98. The molecular weight excluding hydrogens is 406 g/mol. The second-order valence-electron chi connectivity index (χ2n) is 7.26. The Morgan fingerprint density at radius 1 is 1.27 bits per heavy atom. The molecule has 2 N–H and O–H groups in total. The van der Waals surface area contributed by atoms with E-state index in [2.05, 4.69) is 25.0 Å². The molecule has 0 spiro atoms. The van der Waals surface area contributed by atoms with Crippen molar-refractivity contribution in [3.63, 3.8) is 0 Å². The van der Waals surface area contributed by atoms with E-state index in [1.165, 1.54) is 0 Å². The molecule has 1 aliphatic heterocycles. The molecule has 158 valence electrons. The molecular formula is C19H23N7O3S. The fourth-order valence-electron chi connectivity index (χ4n) is 3.65. The first-order valence-corrected chi connectivity index (χ1v) is 11.5. The number of sulfonamides is 1. The number of hydrogen-bond acceptors (Lipinski definition) is 6. The number of hydrogen-bond donors (Lipinski definition) is 2. The van der Waals surface area contributed by atoms with E-state index in [0.29, 0.717) is 30.3 Å². The summed E-state index contributed by atoms with van der Waals surface area (Å²) in [7, 11) is -3.42. The Balaban J connectivity index is 1.64. The van der Waals surface area contributed by atoms with Gasteiger partial charge < -0.3 is 4.90 Å². The van der Waals surface area contributed by atoms with Gasteiger partial charge in [-0.3, -0.25) is 14.6 Å². The van der Waals surface area contributed by atoms with Crippen molar-refractivity contribution in [1.82, 2.24) is 34.6 Å². The predicted octanol–water partition coefficient (Wildman–Crippen LogP) is 1.19. The van der Waals surface area contributed by atoms with Crippen molar-refractivity contribution < 1.29 is 13.2 Å². The minimum Gasteiger partial charge on any atom is -0.325 e. The minimum atomic E-state index is -3.42. The molecule has 0 radical (unpaired) electrons. The lowest BCUT2D eigenvalue weighted by atomic mass is 10.1. The lowest BCUT2D eigenvalue weighted by Crippen LogP contribution is -2.38. The van der Waals surface area contributed by atoms with E-state index in [1.54, 1.807) is 21.8 Å². The average molecular weight is 430 g/mol. The Labute approximate surface area is 174 Å². The second-order valence-corrected chi connectivity index (χ2v) is 9.04. The zero-order valence-electron chi connectivity index (χ0n) is 16.7. The van der Waals surface area contributed by atoms with Crippen LogP contribution in [0.2, 0.25) is 0 Å². The summed E-state index contributed by atoms with van der Waals surface area (Å²) in [6.07, 6.45) is 3.24. The van der Waals surface area contributed by atoms with Crippen LogP contribution in [0.25, 0.3) is 11.4 Å². The van der Waals surface area contributed by atoms with E-state index in [1.807, 2.05) is 37.3 Å². The standard InChI is InChI=1S/C19H23N7O3S/c1-3-25-10-9-15(23-25)19(27)26-12-14(24-30(2,28)29)11-16(26)18-20-17(21-22-18)13-7-5-4-6-8-13/h4-10,14,16,24H,3,11-12H2,1-2H3,(H,20,21,22). The third kappa shape index (κ3) is 4.26. The molecule has 3 aromatic rings. The van der Waals surface area contributed by atoms with Gasteiger partial charge in [-0.1, -0.05) is 30.3 Å². The lowest BCUT2D eigenvalue weighted by Gasteiger charge is -2.21. The molecule has 2 unspecified atom stereocenters. The largest absolute Gasteiger partial charge is 0.325 e. The first-order valence-electron chi connectivity index (χ1n) is 9.63. The number of amides is 1. The van der Waals surface area contributed by atoms with Crippen molar-refractivity contribution in [1.29, 1.82) is 0 Å². The zero-order valence-corrected chi connectivity index (χ0v) is 17.5. The van der Waals surface area contributed by atoms with E-state index in [-0.39, 0.29) is 12.5 Å². The van der Waals surface area contributed by atoms with Gasteiger partial charge in [0, 0.05) is 30.9 Å². The molecule has 1 aromatic carbocycles. The maximum atomic E-state index is 13.2. The number of rotatable bonds is 6. The second kappa shape index (κ2) is 8.00. The molecule has 30 heavy (non-hydrogen) atoms. The average Bonchev–Trinajstić information content (AvgIpc) is 3.46. The molecule has 2 aromatic heterocycles. The molecule has 0 aliphatic carbocycles. The summed E-state index contributed by atoms with van der Waals surface area (Å²) in [4.78, 5) is 19.3. The number of benzene rings is 1. The van der Waals surface area contributed by atoms with E-state index in [0.717, 1.165) is 11.8 Å². The zero-order chi connectivity index (χ0) is 21.3. The quantitative estimate of drug-likeness (QED) is 0.606. The van der Waals surface area contributed by atoms with Crippen molar-refractivity contribution in [2.45, 2.75) is 32.0 Å². The van der Waals surface area contributed by atoms with Crippen molar-refractivity contribution in [3.8, 4) is 11.4 Å². The van der Waals surface area contributed by atoms with E-state index >= 15 is 0 Å². The number of aromatic nitrogens is 5. The van der Waals surface area contributed by atoms with Gasteiger partial charge in [0.15, 0.2) is 5.82 Å². The van der Waals surface area contributed by atoms with Crippen LogP contribution >= 0.6 is 0 Å². The molecule has 4 rings (SSSR count). The van der Waals surface area contributed by atoms with Crippen molar-refractivity contribution in [3.05, 3.63) is 54.1 Å². The summed E-state index contributed by atoms with van der Waals surface area (Å²) in [5, 5.41) is 11.5. The number of carbonyl (C=O) groups is 1. The number of H-pyrrole nitrogens is 1. The molecule has 1 fully saturated rings. The highest BCUT2D eigenvalue weighted by atomic mass is 32.2. The van der Waals surface area contributed by atoms with Crippen LogP contribution in [0.15, 0.2) is 42.6 Å². The fraction of sp³-hybridized carbons (Fsp3) is 0.368. The van der Waals surface area contributed by atoms with Crippen molar-refractivity contribution in [2.75, 3.05) is 12.8 Å².